The van der Waals surface area contributed by atoms with Crippen LogP contribution in [0.15, 0.2) is 42.5 Å². The largest absolute Gasteiger partial charge is 0.493 e. The minimum Gasteiger partial charge on any atom is -0.493 e. The Morgan fingerprint density at radius 3 is 2.34 bits per heavy atom. The number of ether oxygens (including phenoxy) is 3. The Labute approximate surface area is 176 Å². The van der Waals surface area contributed by atoms with E-state index in [1.54, 1.807) is 31.3 Å². The number of hydrogen-bond donors (Lipinski definition) is 1. The summed E-state index contributed by atoms with van der Waals surface area (Å²) in [5.74, 6) is 1.29. The quantitative estimate of drug-likeness (QED) is 0.527. The minimum absolute atomic E-state index is 0.180. The van der Waals surface area contributed by atoms with Gasteiger partial charge in [0.1, 0.15) is 0 Å². The third-order valence-electron chi connectivity index (χ3n) is 4.83. The van der Waals surface area contributed by atoms with Gasteiger partial charge in [-0.25, -0.2) is 0 Å². The summed E-state index contributed by atoms with van der Waals surface area (Å²) in [4.78, 5) is 13.4. The number of nitrogens with zero attached hydrogens (tertiary/aromatic N) is 1. The van der Waals surface area contributed by atoms with Gasteiger partial charge in [-0.15, -0.1) is 0 Å². The summed E-state index contributed by atoms with van der Waals surface area (Å²) in [6.45, 7) is 2.51. The van der Waals surface area contributed by atoms with Crippen LogP contribution < -0.4 is 9.47 Å². The monoisotopic (exact) mass is 421 g/mol. The minimum atomic E-state index is -0.459. The third kappa shape index (κ3) is 6.10. The number of carbonyl (C=O) groups excluding carboxylic acids is 1. The molecule has 1 N–H and O–H groups in total. The molecule has 0 aliphatic rings. The maximum atomic E-state index is 11.8. The molecule has 0 heterocycles. The van der Waals surface area contributed by atoms with Gasteiger partial charge < -0.3 is 24.2 Å². The molecule has 0 bridgehead atoms. The summed E-state index contributed by atoms with van der Waals surface area (Å²) in [6.07, 6.45) is 1.46. The Balaban J connectivity index is 2.04. The molecule has 0 saturated heterocycles. The van der Waals surface area contributed by atoms with E-state index >= 15 is 0 Å². The highest BCUT2D eigenvalue weighted by Crippen LogP contribution is 2.28. The number of aliphatic hydroxyl groups is 1. The Hall–Kier alpha value is -2.28. The van der Waals surface area contributed by atoms with Crippen LogP contribution in [0.2, 0.25) is 5.02 Å². The highest BCUT2D eigenvalue weighted by atomic mass is 35.5. The van der Waals surface area contributed by atoms with Gasteiger partial charge >= 0.3 is 0 Å². The standard InChI is InChI=1S/C22H28ClNO5/c1-4-19(14-29-13-16-5-10-21(27-2)22(11-16)28-3)24(15-26)20(12-25)17-6-8-18(23)9-7-17/h5-11,15,19-20,25H,4,12-14H2,1-3H3/t19-,20-/m0/s1. The Morgan fingerprint density at radius 1 is 1.10 bits per heavy atom. The van der Waals surface area contributed by atoms with Gasteiger partial charge in [0.15, 0.2) is 11.5 Å². The molecular weight excluding hydrogens is 394 g/mol. The van der Waals surface area contributed by atoms with Crippen molar-refractivity contribution < 1.29 is 24.1 Å². The van der Waals surface area contributed by atoms with Gasteiger partial charge in [-0.3, -0.25) is 4.79 Å². The maximum absolute atomic E-state index is 11.8. The second-order valence-corrected chi connectivity index (χ2v) is 7.01. The third-order valence-corrected chi connectivity index (χ3v) is 5.08. The van der Waals surface area contributed by atoms with Crippen LogP contribution in [0.25, 0.3) is 0 Å². The predicted molar refractivity (Wildman–Crippen MR) is 112 cm³/mol. The lowest BCUT2D eigenvalue weighted by Gasteiger charge is -2.34. The molecule has 1 amide bonds. The van der Waals surface area contributed by atoms with Crippen molar-refractivity contribution in [2.24, 2.45) is 0 Å². The average Bonchev–Trinajstić information content (AvgIpc) is 2.76. The maximum Gasteiger partial charge on any atom is 0.210 e. The van der Waals surface area contributed by atoms with Gasteiger partial charge in [0, 0.05) is 5.02 Å². The van der Waals surface area contributed by atoms with Crippen LogP contribution >= 0.6 is 11.6 Å². The fraction of sp³-hybridized carbons (Fsp3) is 0.409. The van der Waals surface area contributed by atoms with Crippen molar-refractivity contribution in [2.45, 2.75) is 32.0 Å². The van der Waals surface area contributed by atoms with E-state index in [-0.39, 0.29) is 12.6 Å². The number of hydrogen-bond acceptors (Lipinski definition) is 5. The van der Waals surface area contributed by atoms with E-state index in [2.05, 4.69) is 0 Å². The topological polar surface area (TPSA) is 68.2 Å². The number of halogens is 1. The van der Waals surface area contributed by atoms with Gasteiger partial charge in [-0.1, -0.05) is 36.7 Å². The Morgan fingerprint density at radius 2 is 1.79 bits per heavy atom. The second-order valence-electron chi connectivity index (χ2n) is 6.57. The van der Waals surface area contributed by atoms with Crippen molar-refractivity contribution in [3.05, 3.63) is 58.6 Å². The highest BCUT2D eigenvalue weighted by molar-refractivity contribution is 6.30. The first kappa shape index (κ1) is 23.0. The zero-order valence-corrected chi connectivity index (χ0v) is 17.8. The van der Waals surface area contributed by atoms with Crippen molar-refractivity contribution in [1.82, 2.24) is 4.90 Å². The molecule has 0 radical (unpaired) electrons. The predicted octanol–water partition coefficient (Wildman–Crippen LogP) is 3.84. The number of rotatable bonds is 12. The van der Waals surface area contributed by atoms with E-state index in [4.69, 9.17) is 25.8 Å². The Bertz CT molecular complexity index is 768. The molecule has 158 valence electrons. The molecule has 0 aliphatic carbocycles. The Kier molecular flexibility index (Phi) is 9.25. The van der Waals surface area contributed by atoms with E-state index in [1.807, 2.05) is 37.3 Å². The molecule has 0 spiro atoms. The highest BCUT2D eigenvalue weighted by Gasteiger charge is 2.25. The smallest absolute Gasteiger partial charge is 0.210 e. The van der Waals surface area contributed by atoms with Crippen LogP contribution in [0, 0.1) is 0 Å². The van der Waals surface area contributed by atoms with Crippen molar-refractivity contribution in [1.29, 1.82) is 0 Å². The molecule has 0 fully saturated rings. The number of aliphatic hydroxyl groups excluding tert-OH is 1. The van der Waals surface area contributed by atoms with Gasteiger partial charge in [0.2, 0.25) is 6.41 Å². The van der Waals surface area contributed by atoms with E-state index in [1.165, 1.54) is 0 Å². The van der Waals surface area contributed by atoms with E-state index in [0.717, 1.165) is 17.5 Å². The molecule has 0 aliphatic heterocycles. The van der Waals surface area contributed by atoms with E-state index in [0.29, 0.717) is 36.2 Å². The first-order valence-corrected chi connectivity index (χ1v) is 9.83. The van der Waals surface area contributed by atoms with Crippen LogP contribution in [0.3, 0.4) is 0 Å². The van der Waals surface area contributed by atoms with Gasteiger partial charge in [-0.2, -0.15) is 0 Å². The SMILES string of the molecule is CC[C@@H](COCc1ccc(OC)c(OC)c1)N(C=O)[C@@H](CO)c1ccc(Cl)cc1. The molecule has 6 nitrogen and oxygen atoms in total. The van der Waals surface area contributed by atoms with E-state index < -0.39 is 6.04 Å². The molecule has 0 aromatic heterocycles. The van der Waals surface area contributed by atoms with Crippen LogP contribution in [0.1, 0.15) is 30.5 Å². The second kappa shape index (κ2) is 11.7. The molecular formula is C22H28ClNO5. The average molecular weight is 422 g/mol. The molecule has 29 heavy (non-hydrogen) atoms. The first-order chi connectivity index (χ1) is 14.1. The zero-order valence-electron chi connectivity index (χ0n) is 17.0. The van der Waals surface area contributed by atoms with Gasteiger partial charge in [0.05, 0.1) is 46.1 Å². The summed E-state index contributed by atoms with van der Waals surface area (Å²) in [5, 5.41) is 10.5. The van der Waals surface area contributed by atoms with Crippen LogP contribution in [0.4, 0.5) is 0 Å². The molecule has 2 atom stereocenters. The van der Waals surface area contributed by atoms with Crippen molar-refractivity contribution in [3.63, 3.8) is 0 Å². The molecule has 0 saturated carbocycles. The number of methoxy groups -OCH3 is 2. The normalized spacial score (nSPS) is 12.9. The fourth-order valence-corrected chi connectivity index (χ4v) is 3.29. The summed E-state index contributed by atoms with van der Waals surface area (Å²) < 4.78 is 16.4. The molecule has 7 heteroatoms. The zero-order chi connectivity index (χ0) is 21.2. The van der Waals surface area contributed by atoms with Crippen LogP contribution in [-0.4, -0.2) is 49.9 Å². The summed E-state index contributed by atoms with van der Waals surface area (Å²) in [7, 11) is 3.18. The molecule has 2 aromatic carbocycles. The fourth-order valence-electron chi connectivity index (χ4n) is 3.17. The number of amides is 1. The summed E-state index contributed by atoms with van der Waals surface area (Å²) in [5.41, 5.74) is 1.76. The van der Waals surface area contributed by atoms with E-state index in [9.17, 15) is 9.90 Å². The molecule has 0 unspecified atom stereocenters. The lowest BCUT2D eigenvalue weighted by Crippen LogP contribution is -2.41. The lowest BCUT2D eigenvalue weighted by atomic mass is 10.0. The summed E-state index contributed by atoms with van der Waals surface area (Å²) in [6, 6.07) is 12.1. The number of carbonyl (C=O) groups is 1. The molecule has 2 rings (SSSR count). The van der Waals surface area contributed by atoms with Crippen LogP contribution in [-0.2, 0) is 16.1 Å². The first-order valence-electron chi connectivity index (χ1n) is 9.45. The molecule has 2 aromatic rings. The van der Waals surface area contributed by atoms with Gasteiger partial charge in [-0.05, 0) is 41.8 Å². The number of benzene rings is 2. The van der Waals surface area contributed by atoms with Crippen LogP contribution in [0.5, 0.6) is 11.5 Å². The summed E-state index contributed by atoms with van der Waals surface area (Å²) >= 11 is 5.95. The van der Waals surface area contributed by atoms with Crippen molar-refractivity contribution in [3.8, 4) is 11.5 Å². The van der Waals surface area contributed by atoms with Gasteiger partial charge in [0.25, 0.3) is 0 Å². The van der Waals surface area contributed by atoms with Crippen molar-refractivity contribution in [2.75, 3.05) is 27.4 Å². The van der Waals surface area contributed by atoms with Crippen molar-refractivity contribution >= 4 is 18.0 Å². The lowest BCUT2D eigenvalue weighted by molar-refractivity contribution is -0.126.